The van der Waals surface area contributed by atoms with Crippen LogP contribution in [-0.4, -0.2) is 64.5 Å². The summed E-state index contributed by atoms with van der Waals surface area (Å²) >= 11 is 0. The van der Waals surface area contributed by atoms with E-state index < -0.39 is 0 Å². The molecule has 1 atom stereocenters. The van der Waals surface area contributed by atoms with E-state index in [4.69, 9.17) is 0 Å². The zero-order valence-corrected chi connectivity index (χ0v) is 7.17. The average molecular weight is 189 g/mol. The van der Waals surface area contributed by atoms with Crippen LogP contribution in [0.25, 0.3) is 0 Å². The van der Waals surface area contributed by atoms with Crippen LogP contribution >= 0.6 is 0 Å². The molecule has 0 saturated carbocycles. The van der Waals surface area contributed by atoms with Crippen molar-refractivity contribution in [3.05, 3.63) is 35.9 Å². The maximum absolute atomic E-state index is 3.21. The Morgan fingerprint density at radius 2 is 1.83 bits per heavy atom. The molecule has 2 heteroatoms. The number of rotatable bonds is 3. The quantitative estimate of drug-likeness (QED) is 0.704. The van der Waals surface area contributed by atoms with Gasteiger partial charge in [0.1, 0.15) is 0 Å². The molecule has 62 valence electrons. The molecule has 0 aliphatic heterocycles. The van der Waals surface area contributed by atoms with Crippen LogP contribution in [0.3, 0.4) is 0 Å². The molecule has 1 aromatic rings. The monoisotopic (exact) mass is 189 g/mol. The standard InChI is InChI=1S/C10H15N.K.H/c1-9(11-2)8-10-6-4-3-5-7-10;;/h3-7,9,11H,8H2,1-2H3;;. The van der Waals surface area contributed by atoms with Crippen LogP contribution in [-0.2, 0) is 6.42 Å². The molecule has 0 heterocycles. The minimum absolute atomic E-state index is 0. The molecule has 0 spiro atoms. The Hall–Kier alpha value is 0.816. The first-order valence-electron chi connectivity index (χ1n) is 4.04. The molecule has 1 nitrogen and oxygen atoms in total. The van der Waals surface area contributed by atoms with E-state index in [0.717, 1.165) is 6.42 Å². The summed E-state index contributed by atoms with van der Waals surface area (Å²) in [6, 6.07) is 11.1. The molecule has 0 aliphatic carbocycles. The van der Waals surface area contributed by atoms with Crippen molar-refractivity contribution >= 4 is 51.4 Å². The Labute approximate surface area is 117 Å². The third-order valence-corrected chi connectivity index (χ3v) is 1.88. The van der Waals surface area contributed by atoms with Gasteiger partial charge in [-0.05, 0) is 26.0 Å². The van der Waals surface area contributed by atoms with Crippen molar-refractivity contribution in [2.24, 2.45) is 0 Å². The van der Waals surface area contributed by atoms with E-state index in [1.807, 2.05) is 13.1 Å². The van der Waals surface area contributed by atoms with Crippen LogP contribution < -0.4 is 5.32 Å². The predicted molar refractivity (Wildman–Crippen MR) is 55.8 cm³/mol. The van der Waals surface area contributed by atoms with E-state index in [0.29, 0.717) is 6.04 Å². The van der Waals surface area contributed by atoms with Gasteiger partial charge in [-0.25, -0.2) is 0 Å². The summed E-state index contributed by atoms with van der Waals surface area (Å²) in [5.74, 6) is 0. The van der Waals surface area contributed by atoms with Gasteiger partial charge in [0.25, 0.3) is 0 Å². The van der Waals surface area contributed by atoms with E-state index in [1.165, 1.54) is 5.56 Å². The van der Waals surface area contributed by atoms with Crippen LogP contribution in [0.5, 0.6) is 0 Å². The third-order valence-electron chi connectivity index (χ3n) is 1.88. The van der Waals surface area contributed by atoms with Gasteiger partial charge < -0.3 is 5.32 Å². The summed E-state index contributed by atoms with van der Waals surface area (Å²) in [5, 5.41) is 3.21. The van der Waals surface area contributed by atoms with E-state index in [1.54, 1.807) is 0 Å². The Kier molecular flexibility index (Phi) is 7.73. The number of likely N-dealkylation sites (N-methyl/N-ethyl adjacent to an activating group) is 1. The summed E-state index contributed by atoms with van der Waals surface area (Å²) in [5.41, 5.74) is 1.40. The second-order valence-corrected chi connectivity index (χ2v) is 2.88. The summed E-state index contributed by atoms with van der Waals surface area (Å²) in [7, 11) is 1.99. The average Bonchev–Trinajstić information content (AvgIpc) is 2.06. The summed E-state index contributed by atoms with van der Waals surface area (Å²) in [6.07, 6.45) is 1.11. The molecular formula is C10H16KN. The summed E-state index contributed by atoms with van der Waals surface area (Å²) < 4.78 is 0. The fourth-order valence-corrected chi connectivity index (χ4v) is 1.07. The molecule has 0 radical (unpaired) electrons. The molecule has 1 unspecified atom stereocenters. The number of nitrogens with one attached hydrogen (secondary N) is 1. The molecule has 12 heavy (non-hydrogen) atoms. The Balaban J connectivity index is 0.00000121. The fraction of sp³-hybridized carbons (Fsp3) is 0.400. The van der Waals surface area contributed by atoms with Gasteiger partial charge in [0.2, 0.25) is 0 Å². The summed E-state index contributed by atoms with van der Waals surface area (Å²) in [4.78, 5) is 0. The molecule has 0 amide bonds. The molecule has 1 rings (SSSR count). The first-order chi connectivity index (χ1) is 5.33. The molecule has 0 aliphatic rings. The van der Waals surface area contributed by atoms with Gasteiger partial charge in [-0.2, -0.15) is 0 Å². The van der Waals surface area contributed by atoms with Crippen molar-refractivity contribution in [2.45, 2.75) is 19.4 Å². The molecule has 0 saturated heterocycles. The van der Waals surface area contributed by atoms with E-state index in [9.17, 15) is 0 Å². The van der Waals surface area contributed by atoms with Gasteiger partial charge in [-0.1, -0.05) is 30.3 Å². The normalized spacial score (nSPS) is 11.8. The van der Waals surface area contributed by atoms with Crippen molar-refractivity contribution in [3.8, 4) is 0 Å². The van der Waals surface area contributed by atoms with Gasteiger partial charge in [0, 0.05) is 6.04 Å². The van der Waals surface area contributed by atoms with Crippen molar-refractivity contribution in [2.75, 3.05) is 7.05 Å². The molecular weight excluding hydrogens is 173 g/mol. The van der Waals surface area contributed by atoms with Crippen LogP contribution in [0.1, 0.15) is 12.5 Å². The number of hydrogen-bond donors (Lipinski definition) is 1. The SMILES string of the molecule is CNC(C)Cc1ccccc1.[KH]. The van der Waals surface area contributed by atoms with E-state index >= 15 is 0 Å². The zero-order chi connectivity index (χ0) is 8.10. The van der Waals surface area contributed by atoms with Crippen molar-refractivity contribution in [1.82, 2.24) is 5.32 Å². The molecule has 1 aromatic carbocycles. The van der Waals surface area contributed by atoms with Gasteiger partial charge in [0.05, 0.1) is 0 Å². The molecule has 0 bridgehead atoms. The second kappa shape index (κ2) is 7.24. The van der Waals surface area contributed by atoms with Gasteiger partial charge in [-0.15, -0.1) is 0 Å². The summed E-state index contributed by atoms with van der Waals surface area (Å²) in [6.45, 7) is 2.19. The van der Waals surface area contributed by atoms with E-state index in [2.05, 4.69) is 36.5 Å². The number of benzene rings is 1. The van der Waals surface area contributed by atoms with Crippen molar-refractivity contribution < 1.29 is 0 Å². The van der Waals surface area contributed by atoms with Gasteiger partial charge in [0.15, 0.2) is 0 Å². The first-order valence-corrected chi connectivity index (χ1v) is 4.04. The van der Waals surface area contributed by atoms with Crippen LogP contribution in [0.2, 0.25) is 0 Å². The second-order valence-electron chi connectivity index (χ2n) is 2.88. The van der Waals surface area contributed by atoms with Crippen molar-refractivity contribution in [1.29, 1.82) is 0 Å². The maximum atomic E-state index is 3.21. The predicted octanol–water partition coefficient (Wildman–Crippen LogP) is 1.19. The van der Waals surface area contributed by atoms with E-state index in [-0.39, 0.29) is 51.4 Å². The van der Waals surface area contributed by atoms with Crippen molar-refractivity contribution in [3.63, 3.8) is 0 Å². The van der Waals surface area contributed by atoms with Crippen LogP contribution in [0, 0.1) is 0 Å². The molecule has 0 aromatic heterocycles. The zero-order valence-electron chi connectivity index (χ0n) is 7.17. The molecule has 1 N–H and O–H groups in total. The first kappa shape index (κ1) is 12.8. The Bertz CT molecular complexity index is 198. The Morgan fingerprint density at radius 3 is 2.33 bits per heavy atom. The molecule has 0 fully saturated rings. The van der Waals surface area contributed by atoms with Gasteiger partial charge in [-0.3, -0.25) is 0 Å². The third kappa shape index (κ3) is 4.75. The Morgan fingerprint density at radius 1 is 1.25 bits per heavy atom. The number of hydrogen-bond acceptors (Lipinski definition) is 1. The minimum atomic E-state index is 0. The van der Waals surface area contributed by atoms with Gasteiger partial charge >= 0.3 is 51.4 Å². The fourth-order valence-electron chi connectivity index (χ4n) is 1.07. The topological polar surface area (TPSA) is 12.0 Å². The van der Waals surface area contributed by atoms with Crippen LogP contribution in [0.4, 0.5) is 0 Å². The van der Waals surface area contributed by atoms with Crippen LogP contribution in [0.15, 0.2) is 30.3 Å².